The van der Waals surface area contributed by atoms with E-state index < -0.39 is 5.41 Å². The van der Waals surface area contributed by atoms with Crippen LogP contribution in [-0.2, 0) is 11.8 Å². The van der Waals surface area contributed by atoms with Gasteiger partial charge in [-0.05, 0) is 6.07 Å². The van der Waals surface area contributed by atoms with Crippen molar-refractivity contribution in [3.63, 3.8) is 0 Å². The minimum Gasteiger partial charge on any atom is -0.377 e. The fraction of sp³-hybridized carbons (Fsp3) is 0.286. The Balaban J connectivity index is 2.16. The predicted octanol–water partition coefficient (Wildman–Crippen LogP) is 1.90. The highest BCUT2D eigenvalue weighted by Gasteiger charge is 2.47. The molecule has 1 fully saturated rings. The summed E-state index contributed by atoms with van der Waals surface area (Å²) < 4.78 is 6.95. The Bertz CT molecular complexity index is 675. The lowest BCUT2D eigenvalue weighted by atomic mass is 9.80. The third kappa shape index (κ3) is 1.31. The Morgan fingerprint density at radius 1 is 1.44 bits per heavy atom. The van der Waals surface area contributed by atoms with Crippen LogP contribution in [0.2, 0.25) is 0 Å². The van der Waals surface area contributed by atoms with E-state index in [1.807, 2.05) is 35.9 Å². The van der Waals surface area contributed by atoms with Crippen molar-refractivity contribution < 1.29 is 9.53 Å². The number of aryl methyl sites for hydroxylation is 1. The maximum atomic E-state index is 12.5. The molecule has 4 heteroatoms. The second kappa shape index (κ2) is 3.69. The highest BCUT2D eigenvalue weighted by molar-refractivity contribution is 6.12. The van der Waals surface area contributed by atoms with Gasteiger partial charge in [0.15, 0.2) is 11.2 Å². The van der Waals surface area contributed by atoms with Crippen LogP contribution in [0.4, 0.5) is 0 Å². The number of aromatic nitrogens is 1. The Morgan fingerprint density at radius 3 is 2.78 bits per heavy atom. The molecule has 0 atom stereocenters. The summed E-state index contributed by atoms with van der Waals surface area (Å²) in [6.07, 6.45) is 1.80. The Morgan fingerprint density at radius 2 is 2.17 bits per heavy atom. The van der Waals surface area contributed by atoms with E-state index in [4.69, 9.17) is 4.74 Å². The SMILES string of the molecule is Cn1cc(C(=O)C2(C#N)COC2)c2ccccc21. The first-order chi connectivity index (χ1) is 8.68. The summed E-state index contributed by atoms with van der Waals surface area (Å²) in [4.78, 5) is 12.5. The van der Waals surface area contributed by atoms with E-state index in [2.05, 4.69) is 6.07 Å². The molecule has 4 nitrogen and oxygen atoms in total. The Labute approximate surface area is 104 Å². The minimum atomic E-state index is -0.982. The standard InChI is InChI=1S/C14H12N2O2/c1-16-6-11(10-4-2-3-5-12(10)16)13(17)14(7-15)8-18-9-14/h2-6H,8-9H2,1H3. The van der Waals surface area contributed by atoms with Crippen molar-refractivity contribution in [1.29, 1.82) is 5.26 Å². The summed E-state index contributed by atoms with van der Waals surface area (Å²) in [5, 5.41) is 10.1. The van der Waals surface area contributed by atoms with Gasteiger partial charge < -0.3 is 9.30 Å². The van der Waals surface area contributed by atoms with Gasteiger partial charge in [0.05, 0.1) is 19.3 Å². The number of nitrogens with zero attached hydrogens (tertiary/aromatic N) is 2. The summed E-state index contributed by atoms with van der Waals surface area (Å²) in [7, 11) is 1.90. The van der Waals surface area contributed by atoms with Gasteiger partial charge in [-0.25, -0.2) is 0 Å². The number of rotatable bonds is 2. The van der Waals surface area contributed by atoms with Crippen molar-refractivity contribution in [2.75, 3.05) is 13.2 Å². The maximum absolute atomic E-state index is 12.5. The van der Waals surface area contributed by atoms with Crippen molar-refractivity contribution in [2.45, 2.75) is 0 Å². The molecule has 18 heavy (non-hydrogen) atoms. The van der Waals surface area contributed by atoms with Gasteiger partial charge in [0.25, 0.3) is 0 Å². The number of fused-ring (bicyclic) bond motifs is 1. The average molecular weight is 240 g/mol. The zero-order valence-electron chi connectivity index (χ0n) is 10.0. The normalized spacial score (nSPS) is 17.1. The van der Waals surface area contributed by atoms with Gasteiger partial charge in [-0.3, -0.25) is 4.79 Å². The van der Waals surface area contributed by atoms with Crippen LogP contribution in [-0.4, -0.2) is 23.6 Å². The van der Waals surface area contributed by atoms with Crippen LogP contribution in [0.25, 0.3) is 10.9 Å². The molecule has 1 aliphatic heterocycles. The number of carbonyl (C=O) groups is 1. The molecule has 0 aliphatic carbocycles. The summed E-state index contributed by atoms with van der Waals surface area (Å²) >= 11 is 0. The summed E-state index contributed by atoms with van der Waals surface area (Å²) in [6.45, 7) is 0.400. The van der Waals surface area contributed by atoms with Crippen LogP contribution in [0.3, 0.4) is 0 Å². The zero-order valence-corrected chi connectivity index (χ0v) is 10.0. The second-order valence-corrected chi connectivity index (χ2v) is 4.69. The highest BCUT2D eigenvalue weighted by Crippen LogP contribution is 2.33. The first kappa shape index (κ1) is 11.0. The first-order valence-electron chi connectivity index (χ1n) is 5.76. The molecule has 2 heterocycles. The van der Waals surface area contributed by atoms with E-state index >= 15 is 0 Å². The highest BCUT2D eigenvalue weighted by atomic mass is 16.5. The van der Waals surface area contributed by atoms with Crippen molar-refractivity contribution >= 4 is 16.7 Å². The van der Waals surface area contributed by atoms with E-state index in [9.17, 15) is 10.1 Å². The van der Waals surface area contributed by atoms with Crippen LogP contribution >= 0.6 is 0 Å². The van der Waals surface area contributed by atoms with Gasteiger partial charge in [-0.1, -0.05) is 18.2 Å². The number of carbonyl (C=O) groups excluding carboxylic acids is 1. The van der Waals surface area contributed by atoms with Gasteiger partial charge in [-0.2, -0.15) is 5.26 Å². The molecular weight excluding hydrogens is 228 g/mol. The number of nitriles is 1. The van der Waals surface area contributed by atoms with Crippen LogP contribution in [0, 0.1) is 16.7 Å². The van der Waals surface area contributed by atoms with Gasteiger partial charge in [0.2, 0.25) is 0 Å². The quantitative estimate of drug-likeness (QED) is 0.753. The molecule has 0 unspecified atom stereocenters. The van der Waals surface area contributed by atoms with Gasteiger partial charge >= 0.3 is 0 Å². The van der Waals surface area contributed by atoms with Gasteiger partial charge in [0, 0.05) is 29.7 Å². The first-order valence-corrected chi connectivity index (χ1v) is 5.76. The van der Waals surface area contributed by atoms with E-state index in [1.54, 1.807) is 6.20 Å². The van der Waals surface area contributed by atoms with E-state index in [0.29, 0.717) is 5.56 Å². The van der Waals surface area contributed by atoms with Crippen LogP contribution in [0.5, 0.6) is 0 Å². The molecule has 0 N–H and O–H groups in total. The summed E-state index contributed by atoms with van der Waals surface area (Å²) in [5.41, 5.74) is 0.622. The molecule has 1 aromatic carbocycles. The molecule has 2 aromatic rings. The average Bonchev–Trinajstić information content (AvgIpc) is 2.67. The van der Waals surface area contributed by atoms with Gasteiger partial charge in [0.1, 0.15) is 0 Å². The number of Topliss-reactive ketones (excluding diaryl/α,β-unsaturated/α-hetero) is 1. The number of ether oxygens (including phenoxy) is 1. The lowest BCUT2D eigenvalue weighted by molar-refractivity contribution is -0.0565. The molecule has 3 rings (SSSR count). The largest absolute Gasteiger partial charge is 0.377 e. The number of hydrogen-bond donors (Lipinski definition) is 0. The molecule has 0 radical (unpaired) electrons. The molecule has 0 bridgehead atoms. The van der Waals surface area contributed by atoms with Crippen LogP contribution in [0.15, 0.2) is 30.5 Å². The molecule has 90 valence electrons. The molecule has 0 amide bonds. The second-order valence-electron chi connectivity index (χ2n) is 4.69. The molecule has 1 saturated heterocycles. The molecular formula is C14H12N2O2. The van der Waals surface area contributed by atoms with Crippen molar-refractivity contribution in [2.24, 2.45) is 12.5 Å². The maximum Gasteiger partial charge on any atom is 0.189 e. The number of ketones is 1. The predicted molar refractivity (Wildman–Crippen MR) is 66.1 cm³/mol. The Hall–Kier alpha value is -2.12. The molecule has 1 aliphatic rings. The minimum absolute atomic E-state index is 0.131. The summed E-state index contributed by atoms with van der Waals surface area (Å²) in [6, 6.07) is 9.81. The fourth-order valence-corrected chi connectivity index (χ4v) is 2.33. The third-order valence-electron chi connectivity index (χ3n) is 3.49. The smallest absolute Gasteiger partial charge is 0.189 e. The number of para-hydroxylation sites is 1. The van der Waals surface area contributed by atoms with E-state index in [-0.39, 0.29) is 19.0 Å². The number of benzene rings is 1. The zero-order chi connectivity index (χ0) is 12.8. The van der Waals surface area contributed by atoms with E-state index in [0.717, 1.165) is 10.9 Å². The fourth-order valence-electron chi connectivity index (χ4n) is 2.33. The van der Waals surface area contributed by atoms with Gasteiger partial charge in [-0.15, -0.1) is 0 Å². The monoisotopic (exact) mass is 240 g/mol. The lowest BCUT2D eigenvalue weighted by Crippen LogP contribution is -2.47. The molecule has 0 saturated carbocycles. The Kier molecular flexibility index (Phi) is 2.25. The number of hydrogen-bond acceptors (Lipinski definition) is 3. The summed E-state index contributed by atoms with van der Waals surface area (Å²) in [5.74, 6) is -0.131. The molecule has 1 aromatic heterocycles. The van der Waals surface area contributed by atoms with Crippen molar-refractivity contribution in [1.82, 2.24) is 4.57 Å². The van der Waals surface area contributed by atoms with Crippen LogP contribution in [0.1, 0.15) is 10.4 Å². The van der Waals surface area contributed by atoms with Crippen LogP contribution < -0.4 is 0 Å². The lowest BCUT2D eigenvalue weighted by Gasteiger charge is -2.33. The molecule has 0 spiro atoms. The van der Waals surface area contributed by atoms with Crippen molar-refractivity contribution in [3.8, 4) is 6.07 Å². The third-order valence-corrected chi connectivity index (χ3v) is 3.49. The van der Waals surface area contributed by atoms with Crippen molar-refractivity contribution in [3.05, 3.63) is 36.0 Å². The van der Waals surface area contributed by atoms with E-state index in [1.165, 1.54) is 0 Å². The topological polar surface area (TPSA) is 55.0 Å².